The maximum atomic E-state index is 14.6. The van der Waals surface area contributed by atoms with E-state index in [-0.39, 0.29) is 29.8 Å². The highest BCUT2D eigenvalue weighted by Crippen LogP contribution is 2.48. The number of benzene rings is 1. The number of H-pyrrole nitrogens is 1. The Balaban J connectivity index is 1.49. The molecule has 0 saturated heterocycles. The number of amides is 2. The second kappa shape index (κ2) is 12.8. The molecule has 0 unspecified atom stereocenters. The van der Waals surface area contributed by atoms with Gasteiger partial charge in [-0.05, 0) is 79.5 Å². The molecule has 2 aromatic heterocycles. The standard InChI is InChI=1S/C33H44N8O3/c1-21(2)22-11-16-33(17-12-22)36-29(25-14-18-34-28(19-25)44-6)31(43)41(33)26(13-15-32(3,4)5)23-7-9-24(10-8-23)30(42)35-20-27-37-39-40-38-27/h7-10,14,18-19,21-22,26H,11-13,15-17,20H2,1-6H3,(H,35,42)(H,37,38,39,40)/t22?,26-,33?/m1/s1. The van der Waals surface area contributed by atoms with Gasteiger partial charge in [0, 0.05) is 23.4 Å². The molecule has 5 rings (SSSR count). The zero-order valence-electron chi connectivity index (χ0n) is 26.6. The molecule has 44 heavy (non-hydrogen) atoms. The first-order valence-electron chi connectivity index (χ1n) is 15.5. The minimum absolute atomic E-state index is 0.0675. The molecular formula is C33H44N8O3. The number of aromatic amines is 1. The third-order valence-electron chi connectivity index (χ3n) is 9.01. The number of hydrogen-bond donors (Lipinski definition) is 2. The van der Waals surface area contributed by atoms with Crippen LogP contribution in [0.15, 0.2) is 47.6 Å². The minimum atomic E-state index is -0.627. The van der Waals surface area contributed by atoms with Crippen molar-refractivity contribution >= 4 is 17.5 Å². The summed E-state index contributed by atoms with van der Waals surface area (Å²) in [5.41, 5.74) is 2.14. The highest BCUT2D eigenvalue weighted by atomic mass is 16.5. The van der Waals surface area contributed by atoms with Gasteiger partial charge in [-0.1, -0.05) is 52.0 Å². The van der Waals surface area contributed by atoms with Crippen LogP contribution in [0.5, 0.6) is 5.88 Å². The van der Waals surface area contributed by atoms with Crippen molar-refractivity contribution < 1.29 is 14.3 Å². The highest BCUT2D eigenvalue weighted by Gasteiger charge is 2.52. The number of pyridine rings is 1. The molecule has 3 heterocycles. The lowest BCUT2D eigenvalue weighted by Crippen LogP contribution is -2.51. The third-order valence-corrected chi connectivity index (χ3v) is 9.01. The van der Waals surface area contributed by atoms with Crippen LogP contribution >= 0.6 is 0 Å². The molecule has 1 aromatic carbocycles. The van der Waals surface area contributed by atoms with Crippen LogP contribution < -0.4 is 10.1 Å². The fraction of sp³-hybridized carbons (Fsp3) is 0.545. The zero-order valence-corrected chi connectivity index (χ0v) is 26.6. The van der Waals surface area contributed by atoms with Crippen LogP contribution in [0.25, 0.3) is 0 Å². The molecule has 1 saturated carbocycles. The Morgan fingerprint density at radius 3 is 2.50 bits per heavy atom. The number of carbonyl (C=O) groups excluding carboxylic acids is 2. The van der Waals surface area contributed by atoms with Crippen molar-refractivity contribution in [2.45, 2.75) is 91.4 Å². The molecule has 1 atom stereocenters. The second-order valence-electron chi connectivity index (χ2n) is 13.5. The molecule has 1 fully saturated rings. The molecule has 2 amide bonds. The molecular weight excluding hydrogens is 556 g/mol. The fourth-order valence-electron chi connectivity index (χ4n) is 6.41. The summed E-state index contributed by atoms with van der Waals surface area (Å²) < 4.78 is 5.38. The zero-order chi connectivity index (χ0) is 31.5. The molecule has 3 aromatic rings. The van der Waals surface area contributed by atoms with Crippen molar-refractivity contribution in [3.05, 3.63) is 65.1 Å². The Morgan fingerprint density at radius 2 is 1.89 bits per heavy atom. The predicted octanol–water partition coefficient (Wildman–Crippen LogP) is 5.27. The number of rotatable bonds is 10. The summed E-state index contributed by atoms with van der Waals surface area (Å²) in [4.78, 5) is 39.0. The number of aliphatic imine (C=N–C) groups is 1. The number of hydrogen-bond acceptors (Lipinski definition) is 8. The number of aromatic nitrogens is 5. The molecule has 1 aliphatic heterocycles. The summed E-state index contributed by atoms with van der Waals surface area (Å²) >= 11 is 0. The molecule has 0 bridgehead atoms. The van der Waals surface area contributed by atoms with Gasteiger partial charge in [-0.2, -0.15) is 5.21 Å². The SMILES string of the molecule is COc1cc(C2=NC3(CCC(C(C)C)CC3)N([C@H](CCC(C)(C)C)c3ccc(C(=O)NCc4nn[nH]n4)cc3)C2=O)ccn1. The molecule has 11 nitrogen and oxygen atoms in total. The molecule has 234 valence electrons. The van der Waals surface area contributed by atoms with Crippen LogP contribution in [-0.2, 0) is 11.3 Å². The van der Waals surface area contributed by atoms with Gasteiger partial charge in [0.15, 0.2) is 5.82 Å². The van der Waals surface area contributed by atoms with Crippen LogP contribution in [0.2, 0.25) is 0 Å². The molecule has 2 N–H and O–H groups in total. The average molecular weight is 601 g/mol. The maximum Gasteiger partial charge on any atom is 0.275 e. The Bertz CT molecular complexity index is 1470. The minimum Gasteiger partial charge on any atom is -0.481 e. The summed E-state index contributed by atoms with van der Waals surface area (Å²) in [6.07, 6.45) is 7.01. The smallest absolute Gasteiger partial charge is 0.275 e. The quantitative estimate of drug-likeness (QED) is 0.323. The first-order chi connectivity index (χ1) is 21.0. The molecule has 1 spiro atoms. The summed E-state index contributed by atoms with van der Waals surface area (Å²) in [6, 6.07) is 11.0. The van der Waals surface area contributed by atoms with E-state index in [1.54, 1.807) is 19.4 Å². The van der Waals surface area contributed by atoms with Gasteiger partial charge in [-0.25, -0.2) is 4.98 Å². The fourth-order valence-corrected chi connectivity index (χ4v) is 6.41. The predicted molar refractivity (Wildman–Crippen MR) is 167 cm³/mol. The van der Waals surface area contributed by atoms with Crippen LogP contribution in [-0.4, -0.2) is 60.8 Å². The van der Waals surface area contributed by atoms with Gasteiger partial charge >= 0.3 is 0 Å². The number of carbonyl (C=O) groups is 2. The van der Waals surface area contributed by atoms with Crippen molar-refractivity contribution in [3.63, 3.8) is 0 Å². The highest BCUT2D eigenvalue weighted by molar-refractivity contribution is 6.46. The number of methoxy groups -OCH3 is 1. The van der Waals surface area contributed by atoms with Gasteiger partial charge in [0.25, 0.3) is 11.8 Å². The van der Waals surface area contributed by atoms with E-state index in [0.29, 0.717) is 34.8 Å². The second-order valence-corrected chi connectivity index (χ2v) is 13.5. The van der Waals surface area contributed by atoms with Gasteiger partial charge in [0.05, 0.1) is 19.7 Å². The van der Waals surface area contributed by atoms with Gasteiger partial charge in [-0.3, -0.25) is 14.6 Å². The van der Waals surface area contributed by atoms with Gasteiger partial charge in [-0.15, -0.1) is 10.2 Å². The van der Waals surface area contributed by atoms with E-state index in [1.165, 1.54) is 0 Å². The number of nitrogens with one attached hydrogen (secondary N) is 2. The lowest BCUT2D eigenvalue weighted by atomic mass is 9.75. The normalized spacial score (nSPS) is 21.1. The van der Waals surface area contributed by atoms with Crippen LogP contribution in [0.3, 0.4) is 0 Å². The van der Waals surface area contributed by atoms with E-state index in [9.17, 15) is 9.59 Å². The third kappa shape index (κ3) is 6.81. The van der Waals surface area contributed by atoms with E-state index < -0.39 is 5.66 Å². The van der Waals surface area contributed by atoms with E-state index in [1.807, 2.05) is 30.3 Å². The number of ether oxygens (including phenoxy) is 1. The van der Waals surface area contributed by atoms with E-state index in [2.05, 4.69) is 70.4 Å². The van der Waals surface area contributed by atoms with Crippen molar-refractivity contribution in [1.29, 1.82) is 0 Å². The van der Waals surface area contributed by atoms with Gasteiger partial charge in [0.2, 0.25) is 5.88 Å². The number of nitrogens with zero attached hydrogens (tertiary/aromatic N) is 6. The van der Waals surface area contributed by atoms with Crippen LogP contribution in [0, 0.1) is 17.3 Å². The Hall–Kier alpha value is -4.15. The Kier molecular flexibility index (Phi) is 9.12. The monoisotopic (exact) mass is 600 g/mol. The van der Waals surface area contributed by atoms with Crippen molar-refractivity contribution in [3.8, 4) is 5.88 Å². The Labute approximate surface area is 259 Å². The average Bonchev–Trinajstić information content (AvgIpc) is 3.63. The summed E-state index contributed by atoms with van der Waals surface area (Å²) in [5.74, 6) is 1.75. The van der Waals surface area contributed by atoms with E-state index in [0.717, 1.165) is 49.7 Å². The van der Waals surface area contributed by atoms with E-state index >= 15 is 0 Å². The lowest BCUT2D eigenvalue weighted by molar-refractivity contribution is -0.133. The summed E-state index contributed by atoms with van der Waals surface area (Å²) in [6.45, 7) is 11.4. The number of tetrazole rings is 1. The van der Waals surface area contributed by atoms with Crippen LogP contribution in [0.4, 0.5) is 0 Å². The van der Waals surface area contributed by atoms with Crippen LogP contribution in [0.1, 0.15) is 106 Å². The maximum absolute atomic E-state index is 14.6. The van der Waals surface area contributed by atoms with Crippen molar-refractivity contribution in [1.82, 2.24) is 35.8 Å². The molecule has 2 aliphatic rings. The lowest BCUT2D eigenvalue weighted by Gasteiger charge is -2.46. The van der Waals surface area contributed by atoms with E-state index in [4.69, 9.17) is 9.73 Å². The van der Waals surface area contributed by atoms with Gasteiger partial charge < -0.3 is 15.0 Å². The largest absolute Gasteiger partial charge is 0.481 e. The van der Waals surface area contributed by atoms with Crippen molar-refractivity contribution in [2.75, 3.05) is 7.11 Å². The van der Waals surface area contributed by atoms with Crippen molar-refractivity contribution in [2.24, 2.45) is 22.2 Å². The summed E-state index contributed by atoms with van der Waals surface area (Å²) in [7, 11) is 1.57. The molecule has 11 heteroatoms. The Morgan fingerprint density at radius 1 is 1.16 bits per heavy atom. The summed E-state index contributed by atoms with van der Waals surface area (Å²) in [5, 5.41) is 16.5. The first-order valence-corrected chi connectivity index (χ1v) is 15.5. The topological polar surface area (TPSA) is 138 Å². The first kappa shape index (κ1) is 31.3. The van der Waals surface area contributed by atoms with Gasteiger partial charge in [0.1, 0.15) is 11.4 Å². The molecule has 0 radical (unpaired) electrons. The molecule has 1 aliphatic carbocycles.